The van der Waals surface area contributed by atoms with Crippen molar-refractivity contribution in [2.45, 2.75) is 11.3 Å². The number of hydrogen-bond donors (Lipinski definition) is 0. The third-order valence-corrected chi connectivity index (χ3v) is 4.22. The van der Waals surface area contributed by atoms with Gasteiger partial charge in [0.05, 0.1) is 18.1 Å². The van der Waals surface area contributed by atoms with Crippen molar-refractivity contribution in [2.75, 3.05) is 19.5 Å². The highest BCUT2D eigenvalue weighted by Gasteiger charge is 2.06. The molecule has 0 aliphatic rings. The van der Waals surface area contributed by atoms with E-state index in [1.165, 1.54) is 18.4 Å². The zero-order chi connectivity index (χ0) is 16.7. The van der Waals surface area contributed by atoms with E-state index in [0.717, 1.165) is 6.29 Å². The quantitative estimate of drug-likeness (QED) is 0.548. The van der Waals surface area contributed by atoms with Crippen LogP contribution < -0.4 is 9.47 Å². The van der Waals surface area contributed by atoms with Gasteiger partial charge in [-0.25, -0.2) is 8.42 Å². The van der Waals surface area contributed by atoms with Gasteiger partial charge in [-0.15, -0.1) is 0 Å². The molecule has 0 fully saturated rings. The standard InChI is InChI=1S/C17H18O5S/c1-23(19,20)17-9-7-16(8-10-17)22-12-2-11-21-15-5-3-14(13-18)4-6-15/h3-10,13H,2,11-12H2,1H3. The maximum absolute atomic E-state index is 11.3. The third-order valence-electron chi connectivity index (χ3n) is 3.09. The Labute approximate surface area is 135 Å². The van der Waals surface area contributed by atoms with Gasteiger partial charge in [-0.3, -0.25) is 4.79 Å². The summed E-state index contributed by atoms with van der Waals surface area (Å²) < 4.78 is 33.7. The monoisotopic (exact) mass is 334 g/mol. The fourth-order valence-corrected chi connectivity index (χ4v) is 2.50. The van der Waals surface area contributed by atoms with E-state index in [0.29, 0.717) is 36.7 Å². The summed E-state index contributed by atoms with van der Waals surface area (Å²) in [6.45, 7) is 0.951. The molecule has 6 heteroatoms. The summed E-state index contributed by atoms with van der Waals surface area (Å²) >= 11 is 0. The second kappa shape index (κ2) is 7.78. The number of carbonyl (C=O) groups excluding carboxylic acids is 1. The predicted octanol–water partition coefficient (Wildman–Crippen LogP) is 2.75. The van der Waals surface area contributed by atoms with Gasteiger partial charge in [0.1, 0.15) is 17.8 Å². The van der Waals surface area contributed by atoms with E-state index >= 15 is 0 Å². The molecule has 2 aromatic rings. The molecule has 0 atom stereocenters. The molecule has 0 amide bonds. The SMILES string of the molecule is CS(=O)(=O)c1ccc(OCCCOc2ccc(C=O)cc2)cc1. The fourth-order valence-electron chi connectivity index (χ4n) is 1.86. The highest BCUT2D eigenvalue weighted by molar-refractivity contribution is 7.90. The zero-order valence-corrected chi connectivity index (χ0v) is 13.6. The number of sulfone groups is 1. The lowest BCUT2D eigenvalue weighted by Gasteiger charge is -2.08. The van der Waals surface area contributed by atoms with Crippen LogP contribution >= 0.6 is 0 Å². The molecule has 5 nitrogen and oxygen atoms in total. The molecule has 0 N–H and O–H groups in total. The Kier molecular flexibility index (Phi) is 5.76. The summed E-state index contributed by atoms with van der Waals surface area (Å²) in [4.78, 5) is 10.8. The third kappa shape index (κ3) is 5.41. The van der Waals surface area contributed by atoms with Gasteiger partial charge in [0.25, 0.3) is 0 Å². The van der Waals surface area contributed by atoms with Crippen LogP contribution in [0.5, 0.6) is 11.5 Å². The van der Waals surface area contributed by atoms with Crippen LogP contribution in [0.25, 0.3) is 0 Å². The van der Waals surface area contributed by atoms with E-state index in [-0.39, 0.29) is 4.90 Å². The number of aldehydes is 1. The first-order chi connectivity index (χ1) is 11.0. The summed E-state index contributed by atoms with van der Waals surface area (Å²) in [5.74, 6) is 1.32. The Morgan fingerprint density at radius 3 is 1.78 bits per heavy atom. The fraction of sp³-hybridized carbons (Fsp3) is 0.235. The lowest BCUT2D eigenvalue weighted by Crippen LogP contribution is -2.05. The summed E-state index contributed by atoms with van der Waals surface area (Å²) in [5, 5.41) is 0. The average molecular weight is 334 g/mol. The first-order valence-electron chi connectivity index (χ1n) is 7.10. The first kappa shape index (κ1) is 17.0. The van der Waals surface area contributed by atoms with Crippen molar-refractivity contribution in [1.82, 2.24) is 0 Å². The minimum Gasteiger partial charge on any atom is -0.493 e. The molecule has 0 saturated carbocycles. The maximum atomic E-state index is 11.3. The summed E-state index contributed by atoms with van der Waals surface area (Å²) in [5.41, 5.74) is 0.609. The van der Waals surface area contributed by atoms with E-state index in [1.54, 1.807) is 36.4 Å². The molecule has 0 spiro atoms. The number of ether oxygens (including phenoxy) is 2. The number of hydrogen-bond acceptors (Lipinski definition) is 5. The molecule has 0 aliphatic carbocycles. The molecule has 0 unspecified atom stereocenters. The van der Waals surface area contributed by atoms with Crippen LogP contribution in [0.3, 0.4) is 0 Å². The van der Waals surface area contributed by atoms with Crippen LogP contribution in [0, 0.1) is 0 Å². The van der Waals surface area contributed by atoms with E-state index in [4.69, 9.17) is 9.47 Å². The van der Waals surface area contributed by atoms with Crippen molar-refractivity contribution >= 4 is 16.1 Å². The van der Waals surface area contributed by atoms with Crippen LogP contribution in [0.1, 0.15) is 16.8 Å². The van der Waals surface area contributed by atoms with E-state index in [9.17, 15) is 13.2 Å². The molecular weight excluding hydrogens is 316 g/mol. The normalized spacial score (nSPS) is 11.0. The van der Waals surface area contributed by atoms with Crippen molar-refractivity contribution in [3.05, 3.63) is 54.1 Å². The van der Waals surface area contributed by atoms with Crippen LogP contribution in [0.4, 0.5) is 0 Å². The smallest absolute Gasteiger partial charge is 0.175 e. The van der Waals surface area contributed by atoms with Gasteiger partial charge in [0.2, 0.25) is 0 Å². The van der Waals surface area contributed by atoms with Gasteiger partial charge in [-0.1, -0.05) is 0 Å². The lowest BCUT2D eigenvalue weighted by molar-refractivity contribution is 0.112. The van der Waals surface area contributed by atoms with Gasteiger partial charge >= 0.3 is 0 Å². The van der Waals surface area contributed by atoms with Crippen molar-refractivity contribution in [2.24, 2.45) is 0 Å². The number of rotatable bonds is 8. The van der Waals surface area contributed by atoms with Crippen LogP contribution in [0.2, 0.25) is 0 Å². The second-order valence-electron chi connectivity index (χ2n) is 4.98. The van der Waals surface area contributed by atoms with Gasteiger partial charge in [0, 0.05) is 18.2 Å². The molecular formula is C17H18O5S. The van der Waals surface area contributed by atoms with Gasteiger partial charge in [-0.2, -0.15) is 0 Å². The molecule has 122 valence electrons. The highest BCUT2D eigenvalue weighted by Crippen LogP contribution is 2.16. The minimum atomic E-state index is -3.18. The summed E-state index contributed by atoms with van der Waals surface area (Å²) in [7, 11) is -3.18. The average Bonchev–Trinajstić information content (AvgIpc) is 2.55. The van der Waals surface area contributed by atoms with Crippen molar-refractivity contribution in [3.63, 3.8) is 0 Å². The molecule has 0 bridgehead atoms. The molecule has 2 rings (SSSR count). The zero-order valence-electron chi connectivity index (χ0n) is 12.8. The van der Waals surface area contributed by atoms with Crippen LogP contribution in [0.15, 0.2) is 53.4 Å². The van der Waals surface area contributed by atoms with Crippen LogP contribution in [-0.2, 0) is 9.84 Å². The molecule has 0 radical (unpaired) electrons. The first-order valence-corrected chi connectivity index (χ1v) is 8.99. The second-order valence-corrected chi connectivity index (χ2v) is 7.00. The predicted molar refractivity (Wildman–Crippen MR) is 87.0 cm³/mol. The van der Waals surface area contributed by atoms with Crippen molar-refractivity contribution in [1.29, 1.82) is 0 Å². The lowest BCUT2D eigenvalue weighted by atomic mass is 10.2. The van der Waals surface area contributed by atoms with Gasteiger partial charge < -0.3 is 9.47 Å². The number of benzene rings is 2. The van der Waals surface area contributed by atoms with E-state index in [2.05, 4.69) is 0 Å². The highest BCUT2D eigenvalue weighted by atomic mass is 32.2. The van der Waals surface area contributed by atoms with E-state index < -0.39 is 9.84 Å². The van der Waals surface area contributed by atoms with E-state index in [1.807, 2.05) is 0 Å². The minimum absolute atomic E-state index is 0.270. The van der Waals surface area contributed by atoms with Gasteiger partial charge in [-0.05, 0) is 48.5 Å². The van der Waals surface area contributed by atoms with Crippen molar-refractivity contribution in [3.8, 4) is 11.5 Å². The van der Waals surface area contributed by atoms with Crippen LogP contribution in [-0.4, -0.2) is 34.2 Å². The Morgan fingerprint density at radius 2 is 1.35 bits per heavy atom. The molecule has 0 heterocycles. The van der Waals surface area contributed by atoms with Crippen molar-refractivity contribution < 1.29 is 22.7 Å². The molecule has 0 saturated heterocycles. The largest absolute Gasteiger partial charge is 0.493 e. The molecule has 0 aliphatic heterocycles. The summed E-state index contributed by atoms with van der Waals surface area (Å²) in [6, 6.07) is 13.2. The van der Waals surface area contributed by atoms with Gasteiger partial charge in [0.15, 0.2) is 9.84 Å². The topological polar surface area (TPSA) is 69.7 Å². The maximum Gasteiger partial charge on any atom is 0.175 e. The number of carbonyl (C=O) groups is 1. The summed E-state index contributed by atoms with van der Waals surface area (Å²) in [6.07, 6.45) is 2.64. The Bertz CT molecular complexity index is 734. The molecule has 23 heavy (non-hydrogen) atoms. The Balaban J connectivity index is 1.71. The Morgan fingerprint density at radius 1 is 0.870 bits per heavy atom. The Hall–Kier alpha value is -2.34. The molecule has 0 aromatic heterocycles. The molecule has 2 aromatic carbocycles.